The number of pyridine rings is 1. The van der Waals surface area contributed by atoms with E-state index in [2.05, 4.69) is 26.2 Å². The Kier molecular flexibility index (Phi) is 4.80. The fourth-order valence-corrected chi connectivity index (χ4v) is 3.19. The molecule has 1 amide bonds. The Bertz CT molecular complexity index is 968. The Morgan fingerprint density at radius 1 is 1.36 bits per heavy atom. The number of hydrogen-bond donors (Lipinski definition) is 1. The molecule has 128 valence electrons. The van der Waals surface area contributed by atoms with Crippen LogP contribution >= 0.6 is 15.9 Å². The molecule has 0 aliphatic carbocycles. The van der Waals surface area contributed by atoms with Gasteiger partial charge in [0.2, 0.25) is 5.91 Å². The number of benzene rings is 1. The molecule has 7 nitrogen and oxygen atoms in total. The minimum absolute atomic E-state index is 0.0465. The van der Waals surface area contributed by atoms with Gasteiger partial charge in [0.25, 0.3) is 5.69 Å². The number of para-hydroxylation sites is 1. The number of nitro benzene ring substituents is 1. The molecule has 0 fully saturated rings. The smallest absolute Gasteiger partial charge is 0.273 e. The molecule has 0 radical (unpaired) electrons. The number of amides is 1. The molecule has 1 aromatic carbocycles. The summed E-state index contributed by atoms with van der Waals surface area (Å²) in [5, 5.41) is 13.8. The van der Waals surface area contributed by atoms with Crippen LogP contribution in [0.2, 0.25) is 0 Å². The van der Waals surface area contributed by atoms with Crippen molar-refractivity contribution in [3.8, 4) is 0 Å². The van der Waals surface area contributed by atoms with E-state index in [1.165, 1.54) is 6.07 Å². The standard InChI is InChI=1S/C17H15BrN4O3/c1-11-6-13(18)9-21-10-14(20-17(11)21)8-19-16(23)7-12-4-2-3-5-15(12)22(24)25/h2-6,9-10H,7-8H2,1H3,(H,19,23). The number of nitrogens with zero attached hydrogens (tertiary/aromatic N) is 3. The highest BCUT2D eigenvalue weighted by atomic mass is 79.9. The largest absolute Gasteiger partial charge is 0.350 e. The van der Waals surface area contributed by atoms with E-state index < -0.39 is 4.92 Å². The molecule has 0 saturated carbocycles. The molecule has 0 atom stereocenters. The van der Waals surface area contributed by atoms with Gasteiger partial charge in [0.05, 0.1) is 23.6 Å². The van der Waals surface area contributed by atoms with Crippen LogP contribution in [0.25, 0.3) is 5.65 Å². The summed E-state index contributed by atoms with van der Waals surface area (Å²) < 4.78 is 2.84. The molecular formula is C17H15BrN4O3. The average molecular weight is 403 g/mol. The van der Waals surface area contributed by atoms with Gasteiger partial charge in [-0.25, -0.2) is 4.98 Å². The number of aromatic nitrogens is 2. The first-order valence-electron chi connectivity index (χ1n) is 7.57. The molecule has 2 aromatic heterocycles. The van der Waals surface area contributed by atoms with E-state index in [0.29, 0.717) is 5.56 Å². The van der Waals surface area contributed by atoms with Crippen molar-refractivity contribution in [2.75, 3.05) is 0 Å². The summed E-state index contributed by atoms with van der Waals surface area (Å²) in [6.07, 6.45) is 3.70. The Labute approximate surface area is 152 Å². The van der Waals surface area contributed by atoms with E-state index in [0.717, 1.165) is 21.4 Å². The summed E-state index contributed by atoms with van der Waals surface area (Å²) in [6.45, 7) is 2.22. The van der Waals surface area contributed by atoms with Crippen LogP contribution in [0.5, 0.6) is 0 Å². The molecule has 1 N–H and O–H groups in total. The molecule has 0 unspecified atom stereocenters. The van der Waals surface area contributed by atoms with Gasteiger partial charge in [-0.05, 0) is 34.5 Å². The Morgan fingerprint density at radius 2 is 2.12 bits per heavy atom. The topological polar surface area (TPSA) is 89.5 Å². The van der Waals surface area contributed by atoms with Crippen molar-refractivity contribution in [3.63, 3.8) is 0 Å². The van der Waals surface area contributed by atoms with E-state index in [-0.39, 0.29) is 24.6 Å². The second-order valence-electron chi connectivity index (χ2n) is 5.64. The summed E-state index contributed by atoms with van der Waals surface area (Å²) >= 11 is 3.44. The van der Waals surface area contributed by atoms with E-state index in [1.54, 1.807) is 18.2 Å². The predicted octanol–water partition coefficient (Wildman–Crippen LogP) is 3.17. The molecule has 0 saturated heterocycles. The van der Waals surface area contributed by atoms with Crippen molar-refractivity contribution in [2.45, 2.75) is 19.9 Å². The Hall–Kier alpha value is -2.74. The van der Waals surface area contributed by atoms with Crippen LogP contribution in [0.1, 0.15) is 16.8 Å². The molecule has 0 aliphatic rings. The number of hydrogen-bond acceptors (Lipinski definition) is 4. The van der Waals surface area contributed by atoms with Crippen molar-refractivity contribution in [2.24, 2.45) is 0 Å². The summed E-state index contributed by atoms with van der Waals surface area (Å²) in [5.74, 6) is -0.288. The lowest BCUT2D eigenvalue weighted by molar-refractivity contribution is -0.385. The molecule has 3 rings (SSSR count). The number of fused-ring (bicyclic) bond motifs is 1. The van der Waals surface area contributed by atoms with Crippen LogP contribution in [-0.4, -0.2) is 20.2 Å². The van der Waals surface area contributed by atoms with Gasteiger partial charge in [-0.2, -0.15) is 0 Å². The third-order valence-electron chi connectivity index (χ3n) is 3.76. The van der Waals surface area contributed by atoms with Crippen LogP contribution in [-0.2, 0) is 17.8 Å². The first-order chi connectivity index (χ1) is 11.9. The maximum Gasteiger partial charge on any atom is 0.273 e. The quantitative estimate of drug-likeness (QED) is 0.524. The molecule has 2 heterocycles. The van der Waals surface area contributed by atoms with Crippen molar-refractivity contribution >= 4 is 33.2 Å². The SMILES string of the molecule is Cc1cc(Br)cn2cc(CNC(=O)Cc3ccccc3[N+](=O)[O-])nc12. The van der Waals surface area contributed by atoms with Gasteiger partial charge < -0.3 is 9.72 Å². The number of nitrogens with one attached hydrogen (secondary N) is 1. The normalized spacial score (nSPS) is 10.8. The van der Waals surface area contributed by atoms with E-state index >= 15 is 0 Å². The van der Waals surface area contributed by atoms with Gasteiger partial charge in [-0.15, -0.1) is 0 Å². The van der Waals surface area contributed by atoms with Crippen molar-refractivity contribution in [1.82, 2.24) is 14.7 Å². The van der Waals surface area contributed by atoms with Crippen LogP contribution in [0.15, 0.2) is 47.2 Å². The summed E-state index contributed by atoms with van der Waals surface area (Å²) in [6, 6.07) is 8.21. The van der Waals surface area contributed by atoms with Gasteiger partial charge >= 0.3 is 0 Å². The first kappa shape index (κ1) is 17.1. The lowest BCUT2D eigenvalue weighted by atomic mass is 10.1. The monoisotopic (exact) mass is 402 g/mol. The average Bonchev–Trinajstić information content (AvgIpc) is 2.96. The summed E-state index contributed by atoms with van der Waals surface area (Å²) in [5.41, 5.74) is 2.90. The number of carbonyl (C=O) groups excluding carboxylic acids is 1. The zero-order valence-corrected chi connectivity index (χ0v) is 15.0. The molecule has 25 heavy (non-hydrogen) atoms. The number of aryl methyl sites for hydroxylation is 1. The van der Waals surface area contributed by atoms with Crippen molar-refractivity contribution in [1.29, 1.82) is 0 Å². The molecule has 0 spiro atoms. The van der Waals surface area contributed by atoms with Crippen LogP contribution in [0.3, 0.4) is 0 Å². The van der Waals surface area contributed by atoms with E-state index in [4.69, 9.17) is 0 Å². The zero-order chi connectivity index (χ0) is 18.0. The van der Waals surface area contributed by atoms with Crippen LogP contribution in [0, 0.1) is 17.0 Å². The first-order valence-corrected chi connectivity index (χ1v) is 8.36. The Balaban J connectivity index is 1.69. The van der Waals surface area contributed by atoms with Gasteiger partial charge in [-0.1, -0.05) is 18.2 Å². The highest BCUT2D eigenvalue weighted by molar-refractivity contribution is 9.10. The number of imidazole rings is 1. The lowest BCUT2D eigenvalue weighted by Gasteiger charge is -2.04. The maximum atomic E-state index is 12.1. The Morgan fingerprint density at radius 3 is 2.88 bits per heavy atom. The minimum atomic E-state index is -0.481. The summed E-state index contributed by atoms with van der Waals surface area (Å²) in [4.78, 5) is 27.1. The number of nitro groups is 1. The number of halogens is 1. The fourth-order valence-electron chi connectivity index (χ4n) is 2.62. The van der Waals surface area contributed by atoms with Crippen LogP contribution in [0.4, 0.5) is 5.69 Å². The molecule has 0 aliphatic heterocycles. The minimum Gasteiger partial charge on any atom is -0.350 e. The van der Waals surface area contributed by atoms with Crippen LogP contribution < -0.4 is 5.32 Å². The fraction of sp³-hybridized carbons (Fsp3) is 0.176. The second kappa shape index (κ2) is 7.02. The van der Waals surface area contributed by atoms with E-state index in [1.807, 2.05) is 29.8 Å². The molecule has 0 bridgehead atoms. The van der Waals surface area contributed by atoms with E-state index in [9.17, 15) is 14.9 Å². The van der Waals surface area contributed by atoms with Gasteiger partial charge in [0, 0.05) is 28.5 Å². The maximum absolute atomic E-state index is 12.1. The molecular weight excluding hydrogens is 388 g/mol. The number of carbonyl (C=O) groups is 1. The lowest BCUT2D eigenvalue weighted by Crippen LogP contribution is -2.25. The van der Waals surface area contributed by atoms with Gasteiger partial charge in [-0.3, -0.25) is 14.9 Å². The summed E-state index contributed by atoms with van der Waals surface area (Å²) in [7, 11) is 0. The zero-order valence-electron chi connectivity index (χ0n) is 13.4. The highest BCUT2D eigenvalue weighted by Crippen LogP contribution is 2.19. The third kappa shape index (κ3) is 3.85. The third-order valence-corrected chi connectivity index (χ3v) is 4.19. The van der Waals surface area contributed by atoms with Crippen molar-refractivity contribution < 1.29 is 9.72 Å². The second-order valence-corrected chi connectivity index (χ2v) is 6.56. The van der Waals surface area contributed by atoms with Gasteiger partial charge in [0.1, 0.15) is 5.65 Å². The predicted molar refractivity (Wildman–Crippen MR) is 96.3 cm³/mol. The molecule has 3 aromatic rings. The van der Waals surface area contributed by atoms with Crippen molar-refractivity contribution in [3.05, 3.63) is 74.1 Å². The molecule has 8 heteroatoms. The highest BCUT2D eigenvalue weighted by Gasteiger charge is 2.15. The number of rotatable bonds is 5. The van der Waals surface area contributed by atoms with Gasteiger partial charge in [0.15, 0.2) is 0 Å².